The van der Waals surface area contributed by atoms with E-state index in [1.165, 1.54) is 0 Å². The molecule has 0 bridgehead atoms. The fourth-order valence-electron chi connectivity index (χ4n) is 1.80. The SMILES string of the molecule is NNc1cc(NCCCCC(N)=O)nc(C2CC2)n1. The normalized spacial score (nSPS) is 14.2. The molecule has 1 aromatic heterocycles. The first kappa shape index (κ1) is 13.5. The molecule has 0 saturated heterocycles. The van der Waals surface area contributed by atoms with Gasteiger partial charge in [0, 0.05) is 24.9 Å². The van der Waals surface area contributed by atoms with E-state index in [2.05, 4.69) is 20.7 Å². The van der Waals surface area contributed by atoms with Crippen molar-refractivity contribution in [2.24, 2.45) is 11.6 Å². The Kier molecular flexibility index (Phi) is 4.51. The Labute approximate surface area is 112 Å². The summed E-state index contributed by atoms with van der Waals surface area (Å²) in [7, 11) is 0. The molecule has 1 aromatic rings. The standard InChI is InChI=1S/C12H20N6O/c13-9(19)3-1-2-6-15-10-7-11(18-14)17-12(16-10)8-4-5-8/h7-8H,1-6,14H2,(H2,13,19)(H2,15,16,17,18). The predicted molar refractivity (Wildman–Crippen MR) is 73.4 cm³/mol. The molecule has 0 radical (unpaired) electrons. The lowest BCUT2D eigenvalue weighted by Crippen LogP contribution is -2.13. The van der Waals surface area contributed by atoms with Crippen LogP contribution in [-0.4, -0.2) is 22.4 Å². The number of aromatic nitrogens is 2. The van der Waals surface area contributed by atoms with Crippen LogP contribution in [0.3, 0.4) is 0 Å². The minimum atomic E-state index is -0.257. The first-order chi connectivity index (χ1) is 9.19. The maximum Gasteiger partial charge on any atom is 0.217 e. The molecule has 0 spiro atoms. The highest BCUT2D eigenvalue weighted by Crippen LogP contribution is 2.38. The lowest BCUT2D eigenvalue weighted by Gasteiger charge is -2.09. The molecular weight excluding hydrogens is 244 g/mol. The summed E-state index contributed by atoms with van der Waals surface area (Å²) in [4.78, 5) is 19.4. The molecule has 2 rings (SSSR count). The van der Waals surface area contributed by atoms with Gasteiger partial charge in [-0.2, -0.15) is 0 Å². The van der Waals surface area contributed by atoms with E-state index < -0.39 is 0 Å². The van der Waals surface area contributed by atoms with Crippen LogP contribution in [-0.2, 0) is 4.79 Å². The van der Waals surface area contributed by atoms with Crippen molar-refractivity contribution < 1.29 is 4.79 Å². The van der Waals surface area contributed by atoms with E-state index >= 15 is 0 Å². The highest BCUT2D eigenvalue weighted by molar-refractivity contribution is 5.73. The molecule has 1 aliphatic carbocycles. The number of unbranched alkanes of at least 4 members (excludes halogenated alkanes) is 1. The number of nitrogen functional groups attached to an aromatic ring is 1. The summed E-state index contributed by atoms with van der Waals surface area (Å²) in [5.74, 6) is 7.85. The van der Waals surface area contributed by atoms with Crippen LogP contribution < -0.4 is 22.3 Å². The average molecular weight is 264 g/mol. The minimum Gasteiger partial charge on any atom is -0.370 e. The molecule has 7 nitrogen and oxygen atoms in total. The van der Waals surface area contributed by atoms with Crippen LogP contribution >= 0.6 is 0 Å². The van der Waals surface area contributed by atoms with Crippen LogP contribution in [0.4, 0.5) is 11.6 Å². The van der Waals surface area contributed by atoms with Crippen molar-refractivity contribution in [3.63, 3.8) is 0 Å². The Hall–Kier alpha value is -1.89. The van der Waals surface area contributed by atoms with Crippen LogP contribution in [0, 0.1) is 0 Å². The Bertz CT molecular complexity index is 446. The highest BCUT2D eigenvalue weighted by atomic mass is 16.1. The van der Waals surface area contributed by atoms with Crippen LogP contribution in [0.15, 0.2) is 6.07 Å². The Morgan fingerprint density at radius 3 is 2.68 bits per heavy atom. The summed E-state index contributed by atoms with van der Waals surface area (Å²) >= 11 is 0. The zero-order valence-electron chi connectivity index (χ0n) is 10.9. The van der Waals surface area contributed by atoms with Gasteiger partial charge < -0.3 is 16.5 Å². The number of amides is 1. The molecule has 0 atom stereocenters. The first-order valence-electron chi connectivity index (χ1n) is 6.57. The minimum absolute atomic E-state index is 0.257. The van der Waals surface area contributed by atoms with Gasteiger partial charge in [-0.3, -0.25) is 4.79 Å². The number of carbonyl (C=O) groups is 1. The summed E-state index contributed by atoms with van der Waals surface area (Å²) < 4.78 is 0. The zero-order chi connectivity index (χ0) is 13.7. The van der Waals surface area contributed by atoms with E-state index in [0.29, 0.717) is 18.2 Å². The fraction of sp³-hybridized carbons (Fsp3) is 0.583. The third kappa shape index (κ3) is 4.36. The molecule has 7 heteroatoms. The Morgan fingerprint density at radius 1 is 1.32 bits per heavy atom. The number of hydrogen-bond acceptors (Lipinski definition) is 6. The molecular formula is C12H20N6O. The number of hydrogen-bond donors (Lipinski definition) is 4. The van der Waals surface area contributed by atoms with Gasteiger partial charge in [-0.05, 0) is 25.7 Å². The largest absolute Gasteiger partial charge is 0.370 e. The van der Waals surface area contributed by atoms with Gasteiger partial charge >= 0.3 is 0 Å². The molecule has 104 valence electrons. The van der Waals surface area contributed by atoms with Crippen LogP contribution in [0.25, 0.3) is 0 Å². The second-order valence-electron chi connectivity index (χ2n) is 4.77. The van der Waals surface area contributed by atoms with Gasteiger partial charge in [0.1, 0.15) is 17.5 Å². The van der Waals surface area contributed by atoms with Crippen LogP contribution in [0.2, 0.25) is 0 Å². The van der Waals surface area contributed by atoms with Crippen molar-refractivity contribution in [2.45, 2.75) is 38.0 Å². The van der Waals surface area contributed by atoms with Crippen LogP contribution in [0.5, 0.6) is 0 Å². The van der Waals surface area contributed by atoms with Gasteiger partial charge in [0.25, 0.3) is 0 Å². The number of primary amides is 1. The van der Waals surface area contributed by atoms with E-state index in [1.807, 2.05) is 0 Å². The number of hydrazine groups is 1. The van der Waals surface area contributed by atoms with Gasteiger partial charge in [-0.25, -0.2) is 15.8 Å². The molecule has 1 heterocycles. The zero-order valence-corrected chi connectivity index (χ0v) is 10.9. The second kappa shape index (κ2) is 6.33. The van der Waals surface area contributed by atoms with Gasteiger partial charge in [0.05, 0.1) is 0 Å². The van der Waals surface area contributed by atoms with Crippen molar-refractivity contribution in [3.8, 4) is 0 Å². The second-order valence-corrected chi connectivity index (χ2v) is 4.77. The Morgan fingerprint density at radius 2 is 2.05 bits per heavy atom. The van der Waals surface area contributed by atoms with Crippen molar-refractivity contribution in [3.05, 3.63) is 11.9 Å². The fourth-order valence-corrected chi connectivity index (χ4v) is 1.80. The third-order valence-electron chi connectivity index (χ3n) is 2.99. The molecule has 1 fully saturated rings. The quantitative estimate of drug-likeness (QED) is 0.312. The van der Waals surface area contributed by atoms with Gasteiger partial charge in [-0.15, -0.1) is 0 Å². The maximum atomic E-state index is 10.6. The van der Waals surface area contributed by atoms with E-state index in [0.717, 1.165) is 43.9 Å². The molecule has 1 saturated carbocycles. The third-order valence-corrected chi connectivity index (χ3v) is 2.99. The van der Waals surface area contributed by atoms with Crippen molar-refractivity contribution in [1.29, 1.82) is 0 Å². The number of carbonyl (C=O) groups excluding carboxylic acids is 1. The molecule has 0 aliphatic heterocycles. The number of nitrogens with one attached hydrogen (secondary N) is 2. The predicted octanol–water partition coefficient (Wildman–Crippen LogP) is 0.707. The highest BCUT2D eigenvalue weighted by Gasteiger charge is 2.27. The molecule has 1 aliphatic rings. The Balaban J connectivity index is 1.85. The first-order valence-corrected chi connectivity index (χ1v) is 6.57. The van der Waals surface area contributed by atoms with Gasteiger partial charge in [0.2, 0.25) is 5.91 Å². The number of nitrogens with two attached hydrogens (primary N) is 2. The summed E-state index contributed by atoms with van der Waals surface area (Å²) in [5.41, 5.74) is 7.64. The summed E-state index contributed by atoms with van der Waals surface area (Å²) in [6, 6.07) is 1.78. The van der Waals surface area contributed by atoms with Gasteiger partial charge in [0.15, 0.2) is 0 Å². The van der Waals surface area contributed by atoms with E-state index in [4.69, 9.17) is 11.6 Å². The maximum absolute atomic E-state index is 10.6. The number of anilines is 2. The summed E-state index contributed by atoms with van der Waals surface area (Å²) in [6.45, 7) is 0.748. The molecule has 0 unspecified atom stereocenters. The van der Waals surface area contributed by atoms with E-state index in [-0.39, 0.29) is 5.91 Å². The summed E-state index contributed by atoms with van der Waals surface area (Å²) in [6.07, 6.45) is 4.37. The molecule has 1 amide bonds. The van der Waals surface area contributed by atoms with Crippen molar-refractivity contribution >= 4 is 17.5 Å². The van der Waals surface area contributed by atoms with Crippen LogP contribution in [0.1, 0.15) is 43.8 Å². The topological polar surface area (TPSA) is 119 Å². The van der Waals surface area contributed by atoms with Crippen molar-refractivity contribution in [2.75, 3.05) is 17.3 Å². The van der Waals surface area contributed by atoms with Crippen molar-refractivity contribution in [1.82, 2.24) is 9.97 Å². The monoisotopic (exact) mass is 264 g/mol. The molecule has 19 heavy (non-hydrogen) atoms. The number of rotatable bonds is 8. The lowest BCUT2D eigenvalue weighted by molar-refractivity contribution is -0.118. The summed E-state index contributed by atoms with van der Waals surface area (Å²) in [5, 5.41) is 3.22. The number of nitrogens with zero attached hydrogens (tertiary/aromatic N) is 2. The van der Waals surface area contributed by atoms with E-state index in [1.54, 1.807) is 6.07 Å². The average Bonchev–Trinajstić information content (AvgIpc) is 3.22. The van der Waals surface area contributed by atoms with Gasteiger partial charge in [-0.1, -0.05) is 0 Å². The smallest absolute Gasteiger partial charge is 0.217 e. The van der Waals surface area contributed by atoms with E-state index in [9.17, 15) is 4.79 Å². The lowest BCUT2D eigenvalue weighted by atomic mass is 10.2. The molecule has 0 aromatic carbocycles. The molecule has 6 N–H and O–H groups in total.